The van der Waals surface area contributed by atoms with Crippen LogP contribution in [0.4, 0.5) is 0 Å². The Morgan fingerprint density at radius 2 is 2.38 bits per heavy atom. The first-order valence-electron chi connectivity index (χ1n) is 5.05. The van der Waals surface area contributed by atoms with Crippen LogP contribution in [0.2, 0.25) is 0 Å². The van der Waals surface area contributed by atoms with E-state index in [1.165, 1.54) is 30.4 Å². The molecule has 0 aromatic carbocycles. The number of unbranched alkanes of at least 4 members (excludes halogenated alkanes) is 1. The smallest absolute Gasteiger partial charge is 0.0444 e. The van der Waals surface area contributed by atoms with Gasteiger partial charge in [0.05, 0.1) is 0 Å². The molecule has 0 saturated carbocycles. The van der Waals surface area contributed by atoms with Crippen LogP contribution in [0.1, 0.15) is 33.1 Å². The Kier molecular flexibility index (Phi) is 3.81. The maximum absolute atomic E-state index is 3.77. The molecule has 0 fully saturated rings. The molecule has 1 heteroatoms. The van der Waals surface area contributed by atoms with Crippen LogP contribution in [0.3, 0.4) is 0 Å². The standard InChI is InChI=1S/C12H19N/c1-4-6-7-12-8-10(3)11(5-2)9-13-12/h5,8-9,12-13H,2,4,6-7H2,1,3H3. The lowest BCUT2D eigenvalue weighted by Crippen LogP contribution is -2.25. The molecule has 0 aromatic rings. The van der Waals surface area contributed by atoms with E-state index in [1.54, 1.807) is 0 Å². The highest BCUT2D eigenvalue weighted by Crippen LogP contribution is 2.16. The topological polar surface area (TPSA) is 12.0 Å². The van der Waals surface area contributed by atoms with Gasteiger partial charge in [-0.25, -0.2) is 0 Å². The van der Waals surface area contributed by atoms with Crippen LogP contribution in [0.15, 0.2) is 36.1 Å². The van der Waals surface area contributed by atoms with Crippen LogP contribution < -0.4 is 5.32 Å². The fourth-order valence-corrected chi connectivity index (χ4v) is 1.57. The zero-order valence-electron chi connectivity index (χ0n) is 8.64. The van der Waals surface area contributed by atoms with E-state index in [1.807, 2.05) is 6.08 Å². The van der Waals surface area contributed by atoms with Gasteiger partial charge < -0.3 is 5.32 Å². The monoisotopic (exact) mass is 177 g/mol. The van der Waals surface area contributed by atoms with Crippen molar-refractivity contribution in [3.63, 3.8) is 0 Å². The Hall–Kier alpha value is -0.980. The van der Waals surface area contributed by atoms with Crippen molar-refractivity contribution in [2.24, 2.45) is 0 Å². The highest BCUT2D eigenvalue weighted by Gasteiger charge is 2.09. The summed E-state index contributed by atoms with van der Waals surface area (Å²) >= 11 is 0. The second-order valence-electron chi connectivity index (χ2n) is 3.57. The van der Waals surface area contributed by atoms with Gasteiger partial charge in [0.1, 0.15) is 0 Å². The van der Waals surface area contributed by atoms with E-state index in [2.05, 4.69) is 38.0 Å². The third-order valence-electron chi connectivity index (χ3n) is 2.45. The zero-order chi connectivity index (χ0) is 9.68. The summed E-state index contributed by atoms with van der Waals surface area (Å²) in [4.78, 5) is 0. The Morgan fingerprint density at radius 3 is 2.92 bits per heavy atom. The first kappa shape index (κ1) is 10.1. The van der Waals surface area contributed by atoms with Gasteiger partial charge in [0.25, 0.3) is 0 Å². The Labute approximate surface area is 81.2 Å². The number of allylic oxidation sites excluding steroid dienone is 3. The van der Waals surface area contributed by atoms with Gasteiger partial charge in [-0.1, -0.05) is 38.5 Å². The third-order valence-corrected chi connectivity index (χ3v) is 2.45. The predicted octanol–water partition coefficient (Wildman–Crippen LogP) is 3.16. The van der Waals surface area contributed by atoms with Crippen LogP contribution in [0.25, 0.3) is 0 Å². The number of nitrogens with one attached hydrogen (secondary N) is 1. The molecule has 1 atom stereocenters. The molecule has 0 amide bonds. The van der Waals surface area contributed by atoms with Crippen LogP contribution in [-0.4, -0.2) is 6.04 Å². The predicted molar refractivity (Wildman–Crippen MR) is 58.5 cm³/mol. The average molecular weight is 177 g/mol. The Balaban J connectivity index is 2.50. The lowest BCUT2D eigenvalue weighted by molar-refractivity contribution is 0.588. The van der Waals surface area contributed by atoms with E-state index < -0.39 is 0 Å². The summed E-state index contributed by atoms with van der Waals surface area (Å²) in [6, 6.07) is 0.531. The van der Waals surface area contributed by atoms with Crippen molar-refractivity contribution in [2.75, 3.05) is 0 Å². The second-order valence-corrected chi connectivity index (χ2v) is 3.57. The molecule has 0 spiro atoms. The van der Waals surface area contributed by atoms with Gasteiger partial charge in [-0.15, -0.1) is 0 Å². The van der Waals surface area contributed by atoms with Crippen LogP contribution >= 0.6 is 0 Å². The van der Waals surface area contributed by atoms with Crippen molar-refractivity contribution in [3.8, 4) is 0 Å². The quantitative estimate of drug-likeness (QED) is 0.695. The van der Waals surface area contributed by atoms with Crippen molar-refractivity contribution in [1.29, 1.82) is 0 Å². The molecule has 0 saturated heterocycles. The molecule has 72 valence electrons. The molecular weight excluding hydrogens is 158 g/mol. The zero-order valence-corrected chi connectivity index (χ0v) is 8.64. The van der Waals surface area contributed by atoms with Gasteiger partial charge in [0.2, 0.25) is 0 Å². The number of dihydropyridines is 1. The highest BCUT2D eigenvalue weighted by molar-refractivity contribution is 5.40. The number of rotatable bonds is 4. The van der Waals surface area contributed by atoms with Crippen molar-refractivity contribution in [3.05, 3.63) is 36.1 Å². The minimum Gasteiger partial charge on any atom is -0.384 e. The normalized spacial score (nSPS) is 21.5. The van der Waals surface area contributed by atoms with E-state index in [0.717, 1.165) is 0 Å². The summed E-state index contributed by atoms with van der Waals surface area (Å²) in [6.07, 6.45) is 10.1. The van der Waals surface area contributed by atoms with Crippen LogP contribution in [0.5, 0.6) is 0 Å². The molecule has 1 N–H and O–H groups in total. The van der Waals surface area contributed by atoms with Gasteiger partial charge in [0, 0.05) is 12.2 Å². The third kappa shape index (κ3) is 2.76. The van der Waals surface area contributed by atoms with Gasteiger partial charge in [-0.2, -0.15) is 0 Å². The van der Waals surface area contributed by atoms with E-state index in [-0.39, 0.29) is 0 Å². The molecule has 1 nitrogen and oxygen atoms in total. The summed E-state index contributed by atoms with van der Waals surface area (Å²) in [5, 5.41) is 3.38. The molecule has 0 radical (unpaired) electrons. The first-order chi connectivity index (χ1) is 6.27. The summed E-state index contributed by atoms with van der Waals surface area (Å²) < 4.78 is 0. The van der Waals surface area contributed by atoms with E-state index in [4.69, 9.17) is 0 Å². The molecule has 13 heavy (non-hydrogen) atoms. The molecule has 0 aromatic heterocycles. The maximum Gasteiger partial charge on any atom is 0.0444 e. The minimum atomic E-state index is 0.531. The highest BCUT2D eigenvalue weighted by atomic mass is 14.9. The van der Waals surface area contributed by atoms with Crippen molar-refractivity contribution in [2.45, 2.75) is 39.2 Å². The largest absolute Gasteiger partial charge is 0.384 e. The van der Waals surface area contributed by atoms with E-state index >= 15 is 0 Å². The molecule has 1 aliphatic rings. The molecule has 1 unspecified atom stereocenters. The molecule has 0 bridgehead atoms. The summed E-state index contributed by atoms with van der Waals surface area (Å²) in [6.45, 7) is 8.15. The number of hydrogen-bond donors (Lipinski definition) is 1. The molecular formula is C12H19N. The van der Waals surface area contributed by atoms with Gasteiger partial charge >= 0.3 is 0 Å². The molecule has 0 aliphatic carbocycles. The van der Waals surface area contributed by atoms with Crippen molar-refractivity contribution >= 4 is 0 Å². The summed E-state index contributed by atoms with van der Waals surface area (Å²) in [5.41, 5.74) is 2.56. The first-order valence-corrected chi connectivity index (χ1v) is 5.05. The molecule has 1 aliphatic heterocycles. The SMILES string of the molecule is C=CC1=CNC(CCCC)C=C1C. The maximum atomic E-state index is 3.77. The lowest BCUT2D eigenvalue weighted by atomic mass is 9.99. The van der Waals surface area contributed by atoms with Gasteiger partial charge in [0.15, 0.2) is 0 Å². The lowest BCUT2D eigenvalue weighted by Gasteiger charge is -2.20. The van der Waals surface area contributed by atoms with Crippen molar-refractivity contribution < 1.29 is 0 Å². The Morgan fingerprint density at radius 1 is 1.62 bits per heavy atom. The number of hydrogen-bond acceptors (Lipinski definition) is 1. The van der Waals surface area contributed by atoms with Crippen LogP contribution in [-0.2, 0) is 0 Å². The van der Waals surface area contributed by atoms with Crippen molar-refractivity contribution in [1.82, 2.24) is 5.32 Å². The van der Waals surface area contributed by atoms with E-state index in [0.29, 0.717) is 6.04 Å². The second kappa shape index (κ2) is 4.90. The summed E-state index contributed by atoms with van der Waals surface area (Å²) in [7, 11) is 0. The minimum absolute atomic E-state index is 0.531. The van der Waals surface area contributed by atoms with Gasteiger partial charge in [-0.05, 0) is 24.5 Å². The van der Waals surface area contributed by atoms with Gasteiger partial charge in [-0.3, -0.25) is 0 Å². The Bertz CT molecular complexity index is 236. The fourth-order valence-electron chi connectivity index (χ4n) is 1.57. The molecule has 1 heterocycles. The van der Waals surface area contributed by atoms with E-state index in [9.17, 15) is 0 Å². The fraction of sp³-hybridized carbons (Fsp3) is 0.500. The van der Waals surface area contributed by atoms with Crippen LogP contribution in [0, 0.1) is 0 Å². The molecule has 1 rings (SSSR count). The average Bonchev–Trinajstić information content (AvgIpc) is 2.15. The summed E-state index contributed by atoms with van der Waals surface area (Å²) in [5.74, 6) is 0.